The van der Waals surface area contributed by atoms with Gasteiger partial charge in [-0.3, -0.25) is 19.4 Å². The molecule has 2 heterocycles. The van der Waals surface area contributed by atoms with Crippen molar-refractivity contribution in [3.63, 3.8) is 0 Å². The van der Waals surface area contributed by atoms with Crippen molar-refractivity contribution < 1.29 is 22.7 Å². The summed E-state index contributed by atoms with van der Waals surface area (Å²) in [6.07, 6.45) is 5.41. The summed E-state index contributed by atoms with van der Waals surface area (Å²) in [4.78, 5) is 17.9. The SMILES string of the molecule is CCOC(=O)CS(=O)(=O)Nc1ccc(OC2CCN(Cc3cccnc3)CC2)c(Cl)c1. The standard InChI is InChI=1S/C21H26ClN3O5S/c1-2-29-21(26)15-31(27,28)24-17-5-6-20(19(22)12-17)30-18-7-10-25(11-8-18)14-16-4-3-9-23-13-16/h3-6,9,12-13,18,24H,2,7-8,10-11,14-15H2,1H3. The predicted octanol–water partition coefficient (Wildman–Crippen LogP) is 3.08. The molecular weight excluding hydrogens is 442 g/mol. The Kier molecular flexibility index (Phi) is 8.11. The molecule has 0 spiro atoms. The van der Waals surface area contributed by atoms with E-state index >= 15 is 0 Å². The molecule has 0 atom stereocenters. The fourth-order valence-electron chi connectivity index (χ4n) is 3.35. The van der Waals surface area contributed by atoms with E-state index in [1.165, 1.54) is 11.6 Å². The summed E-state index contributed by atoms with van der Waals surface area (Å²) in [5.74, 6) is -1.06. The van der Waals surface area contributed by atoms with Crippen LogP contribution in [0.2, 0.25) is 5.02 Å². The van der Waals surface area contributed by atoms with Crippen molar-refractivity contribution in [2.75, 3.05) is 30.2 Å². The van der Waals surface area contributed by atoms with E-state index in [9.17, 15) is 13.2 Å². The first-order chi connectivity index (χ1) is 14.8. The molecule has 1 aliphatic heterocycles. The van der Waals surface area contributed by atoms with Crippen LogP contribution >= 0.6 is 11.6 Å². The van der Waals surface area contributed by atoms with Crippen LogP contribution in [-0.2, 0) is 26.1 Å². The molecule has 168 valence electrons. The van der Waals surface area contributed by atoms with Gasteiger partial charge in [-0.25, -0.2) is 8.42 Å². The Morgan fingerprint density at radius 2 is 2.06 bits per heavy atom. The second-order valence-corrected chi connectivity index (χ2v) is 9.40. The van der Waals surface area contributed by atoms with E-state index in [0.29, 0.717) is 10.8 Å². The van der Waals surface area contributed by atoms with Gasteiger partial charge in [-0.05, 0) is 49.6 Å². The lowest BCUT2D eigenvalue weighted by atomic mass is 10.1. The highest BCUT2D eigenvalue weighted by molar-refractivity contribution is 7.93. The summed E-state index contributed by atoms with van der Waals surface area (Å²) >= 11 is 6.30. The first-order valence-corrected chi connectivity index (χ1v) is 12.1. The van der Waals surface area contributed by atoms with Crippen molar-refractivity contribution in [1.82, 2.24) is 9.88 Å². The monoisotopic (exact) mass is 467 g/mol. The Balaban J connectivity index is 1.51. The van der Waals surface area contributed by atoms with Crippen LogP contribution in [0, 0.1) is 0 Å². The molecule has 0 radical (unpaired) electrons. The van der Waals surface area contributed by atoms with E-state index in [0.717, 1.165) is 32.5 Å². The third-order valence-corrected chi connectivity index (χ3v) is 6.23. The summed E-state index contributed by atoms with van der Waals surface area (Å²) in [7, 11) is -3.88. The number of piperidine rings is 1. The Morgan fingerprint density at radius 3 is 2.71 bits per heavy atom. The minimum Gasteiger partial charge on any atom is -0.489 e. The number of ether oxygens (including phenoxy) is 2. The van der Waals surface area contributed by atoms with E-state index in [-0.39, 0.29) is 18.4 Å². The number of carbonyl (C=O) groups is 1. The van der Waals surface area contributed by atoms with Crippen LogP contribution in [0.5, 0.6) is 5.75 Å². The van der Waals surface area contributed by atoms with E-state index in [2.05, 4.69) is 25.4 Å². The number of rotatable bonds is 9. The number of hydrogen-bond acceptors (Lipinski definition) is 7. The number of benzene rings is 1. The summed E-state index contributed by atoms with van der Waals surface area (Å²) in [5.41, 5.74) is 1.44. The zero-order valence-electron chi connectivity index (χ0n) is 17.3. The van der Waals surface area contributed by atoms with Gasteiger partial charge in [-0.2, -0.15) is 0 Å². The van der Waals surface area contributed by atoms with E-state index in [1.54, 1.807) is 25.3 Å². The Labute approximate surface area is 187 Å². The average Bonchev–Trinajstić information content (AvgIpc) is 2.71. The molecular formula is C21H26ClN3O5S. The molecule has 31 heavy (non-hydrogen) atoms. The molecule has 1 N–H and O–H groups in total. The molecule has 1 aromatic heterocycles. The molecule has 8 nitrogen and oxygen atoms in total. The normalized spacial score (nSPS) is 15.4. The van der Waals surface area contributed by atoms with Crippen molar-refractivity contribution in [3.8, 4) is 5.75 Å². The van der Waals surface area contributed by atoms with Crippen LogP contribution in [0.3, 0.4) is 0 Å². The number of nitrogens with one attached hydrogen (secondary N) is 1. The smallest absolute Gasteiger partial charge is 0.323 e. The topological polar surface area (TPSA) is 97.8 Å². The highest BCUT2D eigenvalue weighted by Gasteiger charge is 2.22. The van der Waals surface area contributed by atoms with Gasteiger partial charge in [0.05, 0.1) is 17.3 Å². The Morgan fingerprint density at radius 1 is 1.29 bits per heavy atom. The number of likely N-dealkylation sites (tertiary alicyclic amines) is 1. The molecule has 1 saturated heterocycles. The summed E-state index contributed by atoms with van der Waals surface area (Å²) < 4.78 is 37.2. The van der Waals surface area contributed by atoms with Crippen LogP contribution < -0.4 is 9.46 Å². The number of pyridine rings is 1. The van der Waals surface area contributed by atoms with Gasteiger partial charge < -0.3 is 9.47 Å². The van der Waals surface area contributed by atoms with Crippen LogP contribution in [-0.4, -0.2) is 55.8 Å². The van der Waals surface area contributed by atoms with Gasteiger partial charge in [0.25, 0.3) is 0 Å². The maximum atomic E-state index is 12.1. The van der Waals surface area contributed by atoms with Crippen molar-refractivity contribution in [1.29, 1.82) is 0 Å². The lowest BCUT2D eigenvalue weighted by molar-refractivity contribution is -0.139. The van der Waals surface area contributed by atoms with E-state index < -0.39 is 21.7 Å². The second kappa shape index (κ2) is 10.8. The number of nitrogens with zero attached hydrogens (tertiary/aromatic N) is 2. The number of hydrogen-bond donors (Lipinski definition) is 1. The zero-order valence-corrected chi connectivity index (χ0v) is 18.9. The maximum Gasteiger partial charge on any atom is 0.323 e. The molecule has 1 fully saturated rings. The Bertz CT molecular complexity index is 980. The number of anilines is 1. The van der Waals surface area contributed by atoms with Gasteiger partial charge in [0, 0.05) is 32.0 Å². The fraction of sp³-hybridized carbons (Fsp3) is 0.429. The first-order valence-electron chi connectivity index (χ1n) is 10.1. The highest BCUT2D eigenvalue weighted by atomic mass is 35.5. The van der Waals surface area contributed by atoms with Gasteiger partial charge in [-0.15, -0.1) is 0 Å². The molecule has 10 heteroatoms. The average molecular weight is 468 g/mol. The quantitative estimate of drug-likeness (QED) is 0.566. The molecule has 0 saturated carbocycles. The van der Waals surface area contributed by atoms with Gasteiger partial charge in [0.1, 0.15) is 11.9 Å². The molecule has 0 amide bonds. The fourth-order valence-corrected chi connectivity index (χ4v) is 4.52. The van der Waals surface area contributed by atoms with Crippen LogP contribution in [0.15, 0.2) is 42.7 Å². The molecule has 3 rings (SSSR count). The van der Waals surface area contributed by atoms with Gasteiger partial charge >= 0.3 is 5.97 Å². The summed E-state index contributed by atoms with van der Waals surface area (Å²) in [6, 6.07) is 8.66. The van der Waals surface area contributed by atoms with Crippen LogP contribution in [0.25, 0.3) is 0 Å². The highest BCUT2D eigenvalue weighted by Crippen LogP contribution is 2.30. The van der Waals surface area contributed by atoms with Gasteiger partial charge in [0.2, 0.25) is 10.0 Å². The van der Waals surface area contributed by atoms with Gasteiger partial charge in [0.15, 0.2) is 5.75 Å². The largest absolute Gasteiger partial charge is 0.489 e. The minimum atomic E-state index is -3.88. The number of aromatic nitrogens is 1. The van der Waals surface area contributed by atoms with E-state index in [4.69, 9.17) is 16.3 Å². The van der Waals surface area contributed by atoms with Crippen molar-refractivity contribution in [2.45, 2.75) is 32.4 Å². The second-order valence-electron chi connectivity index (χ2n) is 7.27. The number of sulfonamides is 1. The van der Waals surface area contributed by atoms with Crippen molar-refractivity contribution >= 4 is 33.3 Å². The van der Waals surface area contributed by atoms with Crippen molar-refractivity contribution in [2.24, 2.45) is 0 Å². The zero-order chi connectivity index (χ0) is 22.3. The molecule has 1 aromatic carbocycles. The molecule has 2 aromatic rings. The molecule has 0 bridgehead atoms. The lowest BCUT2D eigenvalue weighted by Gasteiger charge is -2.32. The number of halogens is 1. The van der Waals surface area contributed by atoms with Crippen LogP contribution in [0.1, 0.15) is 25.3 Å². The summed E-state index contributed by atoms with van der Waals surface area (Å²) in [5, 5.41) is 0.300. The van der Waals surface area contributed by atoms with Crippen LogP contribution in [0.4, 0.5) is 5.69 Å². The Hall–Kier alpha value is -2.36. The van der Waals surface area contributed by atoms with Crippen molar-refractivity contribution in [3.05, 3.63) is 53.3 Å². The van der Waals surface area contributed by atoms with Gasteiger partial charge in [-0.1, -0.05) is 17.7 Å². The molecule has 1 aliphatic rings. The number of esters is 1. The first kappa shape index (κ1) is 23.3. The number of carbonyl (C=O) groups excluding carboxylic acids is 1. The summed E-state index contributed by atoms with van der Waals surface area (Å²) in [6.45, 7) is 4.41. The third-order valence-electron chi connectivity index (χ3n) is 4.78. The molecule has 0 aliphatic carbocycles. The third kappa shape index (κ3) is 7.37. The predicted molar refractivity (Wildman–Crippen MR) is 119 cm³/mol. The minimum absolute atomic E-state index is 0.0361. The lowest BCUT2D eigenvalue weighted by Crippen LogP contribution is -2.37. The maximum absolute atomic E-state index is 12.1. The van der Waals surface area contributed by atoms with E-state index in [1.807, 2.05) is 12.3 Å². The molecule has 0 unspecified atom stereocenters.